The first-order valence-corrected chi connectivity index (χ1v) is 8.85. The van der Waals surface area contributed by atoms with Gasteiger partial charge in [0.15, 0.2) is 10.1 Å². The maximum atomic E-state index is 11.1. The largest absolute Gasteiger partial charge is 0.408 e. The summed E-state index contributed by atoms with van der Waals surface area (Å²) in [5, 5.41) is 18.8. The number of nitrogens with zero attached hydrogens (tertiary/aromatic N) is 4. The Morgan fingerprint density at radius 3 is 2.85 bits per heavy atom. The number of hydrogen-bond acceptors (Lipinski definition) is 8. The van der Waals surface area contributed by atoms with Gasteiger partial charge in [-0.25, -0.2) is 0 Å². The van der Waals surface area contributed by atoms with E-state index in [1.807, 2.05) is 18.4 Å². The third-order valence-corrected chi connectivity index (χ3v) is 5.23. The van der Waals surface area contributed by atoms with Gasteiger partial charge in [0.1, 0.15) is 5.69 Å². The van der Waals surface area contributed by atoms with Crippen molar-refractivity contribution in [2.24, 2.45) is 14.6 Å². The topological polar surface area (TPSA) is 80.2 Å². The molecule has 0 aliphatic carbocycles. The van der Waals surface area contributed by atoms with E-state index < -0.39 is 10.7 Å². The van der Waals surface area contributed by atoms with E-state index in [1.54, 1.807) is 12.1 Å². The lowest BCUT2D eigenvalue weighted by Crippen LogP contribution is -2.01. The molecule has 0 fully saturated rings. The number of nitro groups is 1. The van der Waals surface area contributed by atoms with Crippen LogP contribution in [-0.2, 0) is 0 Å². The van der Waals surface area contributed by atoms with Gasteiger partial charge in [0.05, 0.1) is 16.1 Å². The number of hydrogen-bond donors (Lipinski definition) is 0. The third-order valence-electron chi connectivity index (χ3n) is 2.14. The van der Waals surface area contributed by atoms with E-state index in [2.05, 4.69) is 14.6 Å². The van der Waals surface area contributed by atoms with Gasteiger partial charge in [0.25, 0.3) is 0 Å². The number of thioether (sulfide) groups is 1. The molecule has 0 bridgehead atoms. The summed E-state index contributed by atoms with van der Waals surface area (Å²) in [5.41, 5.74) is 0.573. The minimum Gasteiger partial charge on any atom is -0.358 e. The third kappa shape index (κ3) is 3.54. The summed E-state index contributed by atoms with van der Waals surface area (Å²) in [7, 11) is 2.16. The number of halogens is 1. The van der Waals surface area contributed by atoms with Gasteiger partial charge in [0.2, 0.25) is 0 Å². The number of benzene rings is 1. The summed E-state index contributed by atoms with van der Waals surface area (Å²) >= 11 is 7.29. The van der Waals surface area contributed by atoms with E-state index in [4.69, 9.17) is 11.6 Å². The summed E-state index contributed by atoms with van der Waals surface area (Å²) in [6.45, 7) is 0. The van der Waals surface area contributed by atoms with Crippen LogP contribution < -0.4 is 0 Å². The van der Waals surface area contributed by atoms with Crippen molar-refractivity contribution < 1.29 is 4.92 Å². The lowest BCUT2D eigenvalue weighted by molar-refractivity contribution is -0.426. The van der Waals surface area contributed by atoms with Gasteiger partial charge in [-0.3, -0.25) is 0 Å². The predicted molar refractivity (Wildman–Crippen MR) is 85.2 cm³/mol. The lowest BCUT2D eigenvalue weighted by atomic mass is 10.3. The van der Waals surface area contributed by atoms with E-state index in [0.29, 0.717) is 5.69 Å². The molecule has 1 aliphatic heterocycles. The first kappa shape index (κ1) is 15.4. The van der Waals surface area contributed by atoms with Crippen molar-refractivity contribution in [3.63, 3.8) is 0 Å². The van der Waals surface area contributed by atoms with Gasteiger partial charge in [-0.15, -0.1) is 11.8 Å². The van der Waals surface area contributed by atoms with Crippen molar-refractivity contribution in [3.8, 4) is 0 Å². The Bertz CT molecular complexity index is 633. The second-order valence-corrected chi connectivity index (χ2v) is 6.38. The maximum absolute atomic E-state index is 11.1. The molecule has 1 aliphatic rings. The van der Waals surface area contributed by atoms with Gasteiger partial charge >= 0.3 is 5.82 Å². The molecule has 104 valence electrons. The van der Waals surface area contributed by atoms with E-state index >= 15 is 0 Å². The molecule has 2 rings (SSSR count). The van der Waals surface area contributed by atoms with E-state index in [-0.39, 0.29) is 10.1 Å². The van der Waals surface area contributed by atoms with Gasteiger partial charge in [-0.2, -0.15) is 4.40 Å². The molecular formula is C10H7ClN4O2S3. The fourth-order valence-corrected chi connectivity index (χ4v) is 4.02. The molecule has 1 heterocycles. The molecular weight excluding hydrogens is 340 g/mol. The van der Waals surface area contributed by atoms with Gasteiger partial charge in [-0.05, 0) is 39.2 Å². The van der Waals surface area contributed by atoms with E-state index in [0.717, 1.165) is 26.7 Å². The maximum Gasteiger partial charge on any atom is 0.408 e. The first-order chi connectivity index (χ1) is 9.63. The number of rotatable bonds is 4. The fourth-order valence-electron chi connectivity index (χ4n) is 1.27. The SMILES string of the molecule is CSc1ccccc1N=N/C(=C1/SSN=C1Cl)[N+](=O)[O-]. The minimum absolute atomic E-state index is 0.0730. The molecule has 0 atom stereocenters. The van der Waals surface area contributed by atoms with Crippen molar-refractivity contribution in [1.29, 1.82) is 0 Å². The van der Waals surface area contributed by atoms with E-state index in [9.17, 15) is 10.1 Å². The summed E-state index contributed by atoms with van der Waals surface area (Å²) in [5.74, 6) is -0.398. The second-order valence-electron chi connectivity index (χ2n) is 3.32. The Balaban J connectivity index is 2.37. The average Bonchev–Trinajstić information content (AvgIpc) is 2.85. The van der Waals surface area contributed by atoms with Crippen LogP contribution >= 0.6 is 45.1 Å². The molecule has 0 spiro atoms. The molecule has 0 radical (unpaired) electrons. The van der Waals surface area contributed by atoms with Crippen molar-refractivity contribution in [1.82, 2.24) is 0 Å². The Kier molecular flexibility index (Phi) is 5.46. The molecule has 1 aromatic rings. The summed E-state index contributed by atoms with van der Waals surface area (Å²) in [6, 6.07) is 7.27. The highest BCUT2D eigenvalue weighted by Gasteiger charge is 2.27. The van der Waals surface area contributed by atoms with Crippen LogP contribution in [0.15, 0.2) is 54.5 Å². The molecule has 0 saturated carbocycles. The number of azo groups is 1. The molecule has 20 heavy (non-hydrogen) atoms. The first-order valence-electron chi connectivity index (χ1n) is 5.14. The lowest BCUT2D eigenvalue weighted by Gasteiger charge is -1.98. The van der Waals surface area contributed by atoms with Crippen LogP contribution in [0, 0.1) is 10.1 Å². The smallest absolute Gasteiger partial charge is 0.358 e. The van der Waals surface area contributed by atoms with Gasteiger partial charge < -0.3 is 10.1 Å². The Morgan fingerprint density at radius 2 is 2.25 bits per heavy atom. The van der Waals surface area contributed by atoms with Gasteiger partial charge in [-0.1, -0.05) is 23.7 Å². The molecule has 0 unspecified atom stereocenters. The number of allylic oxidation sites excluding steroid dienone is 1. The Hall–Kier alpha value is -1.03. The normalized spacial score (nSPS) is 17.4. The van der Waals surface area contributed by atoms with Crippen LogP contribution in [0.3, 0.4) is 0 Å². The quantitative estimate of drug-likeness (QED) is 0.194. The van der Waals surface area contributed by atoms with Crippen molar-refractivity contribution in [2.45, 2.75) is 4.90 Å². The zero-order chi connectivity index (χ0) is 14.5. The monoisotopic (exact) mass is 346 g/mol. The standard InChI is InChI=1S/C10H7ClN4O2S3/c1-18-7-5-3-2-4-6(7)12-13-10(15(16)17)8-9(11)14-20-19-8/h2-5H,1H3/b10-8-,13-12?. The minimum atomic E-state index is -0.614. The fraction of sp³-hybridized carbons (Fsp3) is 0.100. The average molecular weight is 347 g/mol. The molecule has 0 aromatic heterocycles. The Morgan fingerprint density at radius 1 is 1.50 bits per heavy atom. The van der Waals surface area contributed by atoms with Crippen molar-refractivity contribution in [2.75, 3.05) is 6.26 Å². The Labute approximate surface area is 131 Å². The van der Waals surface area contributed by atoms with Crippen LogP contribution in [0.4, 0.5) is 5.69 Å². The van der Waals surface area contributed by atoms with Crippen molar-refractivity contribution >= 4 is 56.0 Å². The predicted octanol–water partition coefficient (Wildman–Crippen LogP) is 4.89. The highest BCUT2D eigenvalue weighted by atomic mass is 35.5. The molecule has 6 nitrogen and oxygen atoms in total. The van der Waals surface area contributed by atoms with Crippen LogP contribution in [0.5, 0.6) is 0 Å². The molecule has 10 heteroatoms. The zero-order valence-corrected chi connectivity index (χ0v) is 13.2. The van der Waals surface area contributed by atoms with Crippen LogP contribution in [-0.4, -0.2) is 16.3 Å². The summed E-state index contributed by atoms with van der Waals surface area (Å²) in [4.78, 5) is 11.5. The second kappa shape index (κ2) is 7.11. The van der Waals surface area contributed by atoms with Crippen LogP contribution in [0.1, 0.15) is 0 Å². The summed E-state index contributed by atoms with van der Waals surface area (Å²) in [6.07, 6.45) is 1.90. The van der Waals surface area contributed by atoms with Gasteiger partial charge in [0, 0.05) is 4.90 Å². The van der Waals surface area contributed by atoms with Crippen molar-refractivity contribution in [3.05, 3.63) is 45.1 Å². The summed E-state index contributed by atoms with van der Waals surface area (Å²) < 4.78 is 3.80. The molecule has 0 N–H and O–H groups in total. The molecule has 0 amide bonds. The van der Waals surface area contributed by atoms with Crippen LogP contribution in [0.2, 0.25) is 0 Å². The molecule has 1 aromatic carbocycles. The highest BCUT2D eigenvalue weighted by molar-refractivity contribution is 8.78. The molecule has 0 saturated heterocycles. The highest BCUT2D eigenvalue weighted by Crippen LogP contribution is 2.42. The van der Waals surface area contributed by atoms with E-state index in [1.165, 1.54) is 11.8 Å². The zero-order valence-electron chi connectivity index (χ0n) is 10.0. The van der Waals surface area contributed by atoms with Crippen LogP contribution in [0.25, 0.3) is 0 Å².